The Hall–Kier alpha value is -2.13. The van der Waals surface area contributed by atoms with Crippen LogP contribution in [0.25, 0.3) is 0 Å². The summed E-state index contributed by atoms with van der Waals surface area (Å²) < 4.78 is 0. The third-order valence-electron chi connectivity index (χ3n) is 5.15. The number of benzene rings is 2. The highest BCUT2D eigenvalue weighted by molar-refractivity contribution is 5.94. The van der Waals surface area contributed by atoms with Crippen LogP contribution in [0.3, 0.4) is 0 Å². The molecule has 2 aromatic carbocycles. The molecule has 1 saturated heterocycles. The second-order valence-corrected chi connectivity index (χ2v) is 6.55. The predicted octanol–water partition coefficient (Wildman–Crippen LogP) is 2.96. The van der Waals surface area contributed by atoms with E-state index < -0.39 is 0 Å². The van der Waals surface area contributed by atoms with Gasteiger partial charge in [-0.3, -0.25) is 9.69 Å². The zero-order chi connectivity index (χ0) is 15.6. The minimum Gasteiger partial charge on any atom is -0.337 e. The van der Waals surface area contributed by atoms with Crippen molar-refractivity contribution in [2.45, 2.75) is 25.4 Å². The fraction of sp³-hybridized carbons (Fsp3) is 0.350. The molecule has 1 atom stereocenters. The van der Waals surface area contributed by atoms with E-state index in [1.165, 1.54) is 11.1 Å². The summed E-state index contributed by atoms with van der Waals surface area (Å²) in [6.07, 6.45) is 2.21. The van der Waals surface area contributed by atoms with E-state index in [-0.39, 0.29) is 5.91 Å². The Labute approximate surface area is 137 Å². The van der Waals surface area contributed by atoms with Crippen LogP contribution in [0.2, 0.25) is 0 Å². The molecule has 118 valence electrons. The highest BCUT2D eigenvalue weighted by Crippen LogP contribution is 2.25. The number of amides is 1. The van der Waals surface area contributed by atoms with Crippen LogP contribution in [-0.2, 0) is 13.0 Å². The molecule has 4 rings (SSSR count). The minimum absolute atomic E-state index is 0.172. The third kappa shape index (κ3) is 2.89. The van der Waals surface area contributed by atoms with Crippen molar-refractivity contribution in [3.63, 3.8) is 0 Å². The normalized spacial score (nSPS) is 21.2. The van der Waals surface area contributed by atoms with Gasteiger partial charge in [-0.1, -0.05) is 42.5 Å². The summed E-state index contributed by atoms with van der Waals surface area (Å²) in [5.74, 6) is 0.172. The summed E-state index contributed by atoms with van der Waals surface area (Å²) in [6, 6.07) is 18.9. The molecule has 0 aromatic heterocycles. The number of rotatable bonds is 2. The van der Waals surface area contributed by atoms with E-state index in [1.54, 1.807) is 0 Å². The highest BCUT2D eigenvalue weighted by atomic mass is 16.2. The van der Waals surface area contributed by atoms with Crippen LogP contribution in [0, 0.1) is 0 Å². The van der Waals surface area contributed by atoms with Gasteiger partial charge in [-0.25, -0.2) is 0 Å². The number of hydrogen-bond acceptors (Lipinski definition) is 2. The van der Waals surface area contributed by atoms with E-state index in [0.717, 1.165) is 44.6 Å². The Morgan fingerprint density at radius 1 is 0.913 bits per heavy atom. The molecule has 0 unspecified atom stereocenters. The first kappa shape index (κ1) is 14.5. The van der Waals surface area contributed by atoms with Gasteiger partial charge in [0.15, 0.2) is 0 Å². The molecule has 0 aliphatic carbocycles. The third-order valence-corrected chi connectivity index (χ3v) is 5.15. The second-order valence-electron chi connectivity index (χ2n) is 6.55. The molecule has 1 amide bonds. The van der Waals surface area contributed by atoms with Gasteiger partial charge in [0.1, 0.15) is 0 Å². The van der Waals surface area contributed by atoms with Crippen LogP contribution in [0.1, 0.15) is 27.9 Å². The van der Waals surface area contributed by atoms with Crippen LogP contribution < -0.4 is 0 Å². The molecular formula is C20H22N2O. The van der Waals surface area contributed by atoms with Crippen molar-refractivity contribution in [2.75, 3.05) is 19.6 Å². The van der Waals surface area contributed by atoms with Crippen molar-refractivity contribution in [2.24, 2.45) is 0 Å². The molecule has 3 heteroatoms. The Kier molecular flexibility index (Phi) is 3.88. The van der Waals surface area contributed by atoms with Crippen LogP contribution in [0.5, 0.6) is 0 Å². The minimum atomic E-state index is 0.172. The fourth-order valence-corrected chi connectivity index (χ4v) is 3.82. The van der Waals surface area contributed by atoms with Crippen LogP contribution >= 0.6 is 0 Å². The van der Waals surface area contributed by atoms with E-state index in [2.05, 4.69) is 29.2 Å². The lowest BCUT2D eigenvalue weighted by atomic mass is 9.98. The Bertz CT molecular complexity index is 698. The lowest BCUT2D eigenvalue weighted by Gasteiger charge is -2.33. The molecule has 2 aromatic rings. The molecule has 23 heavy (non-hydrogen) atoms. The quantitative estimate of drug-likeness (QED) is 0.851. The van der Waals surface area contributed by atoms with Crippen molar-refractivity contribution >= 4 is 5.91 Å². The number of carbonyl (C=O) groups excluding carboxylic acids is 1. The van der Waals surface area contributed by atoms with Crippen LogP contribution in [-0.4, -0.2) is 41.4 Å². The zero-order valence-electron chi connectivity index (χ0n) is 13.3. The van der Waals surface area contributed by atoms with Gasteiger partial charge in [0.25, 0.3) is 5.91 Å². The SMILES string of the molecule is O=C(c1ccccc1)N1CC[C@H](N2CCc3ccccc3C2)C1. The zero-order valence-corrected chi connectivity index (χ0v) is 13.3. The maximum atomic E-state index is 12.6. The summed E-state index contributed by atoms with van der Waals surface area (Å²) in [4.78, 5) is 17.2. The van der Waals surface area contributed by atoms with Gasteiger partial charge in [0.05, 0.1) is 0 Å². The van der Waals surface area contributed by atoms with Gasteiger partial charge in [0, 0.05) is 37.8 Å². The van der Waals surface area contributed by atoms with E-state index in [9.17, 15) is 4.79 Å². The molecular weight excluding hydrogens is 284 g/mol. The van der Waals surface area contributed by atoms with Gasteiger partial charge in [-0.15, -0.1) is 0 Å². The van der Waals surface area contributed by atoms with Crippen molar-refractivity contribution < 1.29 is 4.79 Å². The molecule has 0 spiro atoms. The largest absolute Gasteiger partial charge is 0.337 e. The van der Waals surface area contributed by atoms with Crippen molar-refractivity contribution in [1.82, 2.24) is 9.80 Å². The molecule has 1 fully saturated rings. The van der Waals surface area contributed by atoms with Crippen LogP contribution in [0.15, 0.2) is 54.6 Å². The maximum Gasteiger partial charge on any atom is 0.253 e. The molecule has 0 bridgehead atoms. The summed E-state index contributed by atoms with van der Waals surface area (Å²) in [6.45, 7) is 3.86. The molecule has 0 N–H and O–H groups in total. The van der Waals surface area contributed by atoms with Gasteiger partial charge in [0.2, 0.25) is 0 Å². The maximum absolute atomic E-state index is 12.6. The summed E-state index contributed by atoms with van der Waals surface area (Å²) in [5.41, 5.74) is 3.74. The molecule has 2 aliphatic rings. The smallest absolute Gasteiger partial charge is 0.253 e. The van der Waals surface area contributed by atoms with Gasteiger partial charge in [-0.05, 0) is 36.1 Å². The highest BCUT2D eigenvalue weighted by Gasteiger charge is 2.32. The number of fused-ring (bicyclic) bond motifs is 1. The van der Waals surface area contributed by atoms with E-state index >= 15 is 0 Å². The molecule has 3 nitrogen and oxygen atoms in total. The van der Waals surface area contributed by atoms with Crippen molar-refractivity contribution in [3.8, 4) is 0 Å². The average molecular weight is 306 g/mol. The Morgan fingerprint density at radius 2 is 1.65 bits per heavy atom. The first-order valence-corrected chi connectivity index (χ1v) is 8.46. The number of hydrogen-bond donors (Lipinski definition) is 0. The number of likely N-dealkylation sites (tertiary alicyclic amines) is 1. The molecule has 2 aliphatic heterocycles. The second kappa shape index (κ2) is 6.17. The molecule has 0 radical (unpaired) electrons. The average Bonchev–Trinajstić information content (AvgIpc) is 3.11. The monoisotopic (exact) mass is 306 g/mol. The van der Waals surface area contributed by atoms with Gasteiger partial charge >= 0.3 is 0 Å². The van der Waals surface area contributed by atoms with Crippen molar-refractivity contribution in [1.29, 1.82) is 0 Å². The summed E-state index contributed by atoms with van der Waals surface area (Å²) in [5, 5.41) is 0. The standard InChI is InChI=1S/C20H22N2O/c23-20(17-7-2-1-3-8-17)22-13-11-19(15-22)21-12-10-16-6-4-5-9-18(16)14-21/h1-9,19H,10-15H2/t19-/m0/s1. The fourth-order valence-electron chi connectivity index (χ4n) is 3.82. The topological polar surface area (TPSA) is 23.6 Å². The van der Waals surface area contributed by atoms with Crippen LogP contribution in [0.4, 0.5) is 0 Å². The summed E-state index contributed by atoms with van der Waals surface area (Å²) in [7, 11) is 0. The number of carbonyl (C=O) groups is 1. The van der Waals surface area contributed by atoms with Gasteiger partial charge in [-0.2, -0.15) is 0 Å². The Balaban J connectivity index is 1.42. The Morgan fingerprint density at radius 3 is 2.48 bits per heavy atom. The summed E-state index contributed by atoms with van der Waals surface area (Å²) >= 11 is 0. The van der Waals surface area contributed by atoms with Gasteiger partial charge < -0.3 is 4.90 Å². The van der Waals surface area contributed by atoms with E-state index in [0.29, 0.717) is 6.04 Å². The first-order chi connectivity index (χ1) is 11.3. The van der Waals surface area contributed by atoms with Crippen molar-refractivity contribution in [3.05, 3.63) is 71.3 Å². The molecule has 2 heterocycles. The van der Waals surface area contributed by atoms with E-state index in [1.807, 2.05) is 35.2 Å². The lowest BCUT2D eigenvalue weighted by molar-refractivity contribution is 0.0773. The number of nitrogens with zero attached hydrogens (tertiary/aromatic N) is 2. The lowest BCUT2D eigenvalue weighted by Crippen LogP contribution is -2.41. The predicted molar refractivity (Wildman–Crippen MR) is 91.3 cm³/mol. The molecule has 0 saturated carbocycles. The first-order valence-electron chi connectivity index (χ1n) is 8.46. The van der Waals surface area contributed by atoms with E-state index in [4.69, 9.17) is 0 Å².